The predicted molar refractivity (Wildman–Crippen MR) is 94.0 cm³/mol. The van der Waals surface area contributed by atoms with Crippen LogP contribution in [0.3, 0.4) is 0 Å². The predicted octanol–water partition coefficient (Wildman–Crippen LogP) is 3.59. The highest BCUT2D eigenvalue weighted by Gasteiger charge is 2.02. The Labute approximate surface area is 144 Å². The number of hydrogen-bond acceptors (Lipinski definition) is 3. The van der Waals surface area contributed by atoms with Gasteiger partial charge in [-0.15, -0.1) is 0 Å². The van der Waals surface area contributed by atoms with Crippen LogP contribution in [0.5, 0.6) is 11.5 Å². The molecule has 2 rings (SSSR count). The maximum atomic E-state index is 11.8. The standard InChI is InChI=1S/C18H20BrNO3/c1-22-16-6-8-17(9-7-16)23-12-11-20-18(21)10-5-14-3-2-4-15(19)13-14/h2-4,6-9,13H,5,10-12H2,1H3,(H,20,21). The smallest absolute Gasteiger partial charge is 0.220 e. The van der Waals surface area contributed by atoms with Crippen LogP contribution in [0.2, 0.25) is 0 Å². The summed E-state index contributed by atoms with van der Waals surface area (Å²) in [4.78, 5) is 11.8. The topological polar surface area (TPSA) is 47.6 Å². The number of halogens is 1. The first kappa shape index (κ1) is 17.3. The van der Waals surface area contributed by atoms with E-state index < -0.39 is 0 Å². The summed E-state index contributed by atoms with van der Waals surface area (Å²) in [7, 11) is 1.62. The number of aryl methyl sites for hydroxylation is 1. The molecule has 4 nitrogen and oxygen atoms in total. The van der Waals surface area contributed by atoms with Crippen molar-refractivity contribution in [1.29, 1.82) is 0 Å². The summed E-state index contributed by atoms with van der Waals surface area (Å²) >= 11 is 3.43. The molecule has 2 aromatic rings. The number of carbonyl (C=O) groups is 1. The molecule has 0 unspecified atom stereocenters. The summed E-state index contributed by atoms with van der Waals surface area (Å²) in [6, 6.07) is 15.4. The highest BCUT2D eigenvalue weighted by Crippen LogP contribution is 2.16. The van der Waals surface area contributed by atoms with E-state index in [1.54, 1.807) is 7.11 Å². The summed E-state index contributed by atoms with van der Waals surface area (Å²) in [6.07, 6.45) is 1.20. The summed E-state index contributed by atoms with van der Waals surface area (Å²) in [5.74, 6) is 1.58. The molecule has 0 heterocycles. The minimum absolute atomic E-state index is 0.0308. The Morgan fingerprint density at radius 1 is 1.13 bits per heavy atom. The molecule has 23 heavy (non-hydrogen) atoms. The van der Waals surface area contributed by atoms with E-state index in [9.17, 15) is 4.79 Å². The Morgan fingerprint density at radius 2 is 1.87 bits per heavy atom. The molecule has 1 amide bonds. The summed E-state index contributed by atoms with van der Waals surface area (Å²) < 4.78 is 11.7. The van der Waals surface area contributed by atoms with Crippen LogP contribution < -0.4 is 14.8 Å². The van der Waals surface area contributed by atoms with Crippen molar-refractivity contribution in [2.75, 3.05) is 20.3 Å². The lowest BCUT2D eigenvalue weighted by Gasteiger charge is -2.08. The molecule has 0 aliphatic heterocycles. The number of ether oxygens (including phenoxy) is 2. The first-order valence-electron chi connectivity index (χ1n) is 7.45. The van der Waals surface area contributed by atoms with Gasteiger partial charge in [0.05, 0.1) is 13.7 Å². The molecule has 5 heteroatoms. The zero-order valence-corrected chi connectivity index (χ0v) is 14.6. The van der Waals surface area contributed by atoms with E-state index >= 15 is 0 Å². The molecule has 0 aliphatic carbocycles. The number of hydrogen-bond donors (Lipinski definition) is 1. The van der Waals surface area contributed by atoms with Crippen molar-refractivity contribution in [3.8, 4) is 11.5 Å². The van der Waals surface area contributed by atoms with E-state index in [4.69, 9.17) is 9.47 Å². The molecule has 122 valence electrons. The third-order valence-electron chi connectivity index (χ3n) is 3.28. The van der Waals surface area contributed by atoms with Crippen molar-refractivity contribution >= 4 is 21.8 Å². The van der Waals surface area contributed by atoms with Gasteiger partial charge in [-0.05, 0) is 48.4 Å². The van der Waals surface area contributed by atoms with Gasteiger partial charge in [-0.1, -0.05) is 28.1 Å². The highest BCUT2D eigenvalue weighted by atomic mass is 79.9. The van der Waals surface area contributed by atoms with Crippen LogP contribution in [0.1, 0.15) is 12.0 Å². The van der Waals surface area contributed by atoms with E-state index in [0.717, 1.165) is 28.0 Å². The van der Waals surface area contributed by atoms with E-state index in [1.165, 1.54) is 0 Å². The van der Waals surface area contributed by atoms with Crippen LogP contribution in [0.15, 0.2) is 53.0 Å². The molecule has 0 atom stereocenters. The maximum Gasteiger partial charge on any atom is 0.220 e. The number of benzene rings is 2. The first-order chi connectivity index (χ1) is 11.2. The molecule has 0 saturated heterocycles. The van der Waals surface area contributed by atoms with Gasteiger partial charge in [-0.25, -0.2) is 0 Å². The van der Waals surface area contributed by atoms with Crippen LogP contribution in [-0.2, 0) is 11.2 Å². The molecule has 0 fully saturated rings. The average Bonchev–Trinajstić information content (AvgIpc) is 2.57. The Balaban J connectivity index is 1.62. The van der Waals surface area contributed by atoms with Crippen molar-refractivity contribution in [3.63, 3.8) is 0 Å². The van der Waals surface area contributed by atoms with Gasteiger partial charge in [0.15, 0.2) is 0 Å². The van der Waals surface area contributed by atoms with Gasteiger partial charge in [0.2, 0.25) is 5.91 Å². The van der Waals surface area contributed by atoms with E-state index in [0.29, 0.717) is 19.6 Å². The van der Waals surface area contributed by atoms with Crippen LogP contribution in [0.4, 0.5) is 0 Å². The van der Waals surface area contributed by atoms with E-state index in [-0.39, 0.29) is 5.91 Å². The number of amides is 1. The zero-order valence-electron chi connectivity index (χ0n) is 13.0. The molecule has 0 bridgehead atoms. The molecular weight excluding hydrogens is 358 g/mol. The zero-order chi connectivity index (χ0) is 16.5. The fourth-order valence-electron chi connectivity index (χ4n) is 2.07. The number of nitrogens with one attached hydrogen (secondary N) is 1. The Bertz CT molecular complexity index is 628. The first-order valence-corrected chi connectivity index (χ1v) is 8.24. The molecule has 2 aromatic carbocycles. The fraction of sp³-hybridized carbons (Fsp3) is 0.278. The lowest BCUT2D eigenvalue weighted by Crippen LogP contribution is -2.28. The lowest BCUT2D eigenvalue weighted by atomic mass is 10.1. The normalized spacial score (nSPS) is 10.2. The van der Waals surface area contributed by atoms with Gasteiger partial charge in [0.25, 0.3) is 0 Å². The molecule has 0 aliphatic rings. The Hall–Kier alpha value is -2.01. The van der Waals surface area contributed by atoms with Crippen LogP contribution in [0, 0.1) is 0 Å². The summed E-state index contributed by atoms with van der Waals surface area (Å²) in [5.41, 5.74) is 1.14. The average molecular weight is 378 g/mol. The molecular formula is C18H20BrNO3. The number of rotatable bonds is 8. The quantitative estimate of drug-likeness (QED) is 0.715. The van der Waals surface area contributed by atoms with Gasteiger partial charge >= 0.3 is 0 Å². The highest BCUT2D eigenvalue weighted by molar-refractivity contribution is 9.10. The van der Waals surface area contributed by atoms with Gasteiger partial charge < -0.3 is 14.8 Å². The van der Waals surface area contributed by atoms with Crippen molar-refractivity contribution in [1.82, 2.24) is 5.32 Å². The Morgan fingerprint density at radius 3 is 2.57 bits per heavy atom. The molecule has 0 aromatic heterocycles. The molecule has 0 spiro atoms. The van der Waals surface area contributed by atoms with Crippen LogP contribution in [-0.4, -0.2) is 26.2 Å². The molecule has 0 radical (unpaired) electrons. The summed E-state index contributed by atoms with van der Waals surface area (Å²) in [5, 5.41) is 2.86. The maximum absolute atomic E-state index is 11.8. The molecule has 0 saturated carbocycles. The third-order valence-corrected chi connectivity index (χ3v) is 3.78. The van der Waals surface area contributed by atoms with Gasteiger partial charge in [0.1, 0.15) is 18.1 Å². The van der Waals surface area contributed by atoms with Crippen molar-refractivity contribution < 1.29 is 14.3 Å². The minimum atomic E-state index is 0.0308. The largest absolute Gasteiger partial charge is 0.497 e. The number of carbonyl (C=O) groups excluding carboxylic acids is 1. The van der Waals surface area contributed by atoms with Crippen molar-refractivity contribution in [2.24, 2.45) is 0 Å². The minimum Gasteiger partial charge on any atom is -0.497 e. The van der Waals surface area contributed by atoms with Crippen molar-refractivity contribution in [2.45, 2.75) is 12.8 Å². The second-order valence-corrected chi connectivity index (χ2v) is 5.92. The third kappa shape index (κ3) is 6.32. The Kier molecular flexibility index (Phi) is 6.94. The second kappa shape index (κ2) is 9.20. The molecule has 1 N–H and O–H groups in total. The monoisotopic (exact) mass is 377 g/mol. The van der Waals surface area contributed by atoms with E-state index in [2.05, 4.69) is 21.2 Å². The lowest BCUT2D eigenvalue weighted by molar-refractivity contribution is -0.121. The summed E-state index contributed by atoms with van der Waals surface area (Å²) in [6.45, 7) is 0.929. The van der Waals surface area contributed by atoms with Gasteiger partial charge in [0, 0.05) is 10.9 Å². The fourth-order valence-corrected chi connectivity index (χ4v) is 2.52. The van der Waals surface area contributed by atoms with Crippen molar-refractivity contribution in [3.05, 3.63) is 58.6 Å². The van der Waals surface area contributed by atoms with Gasteiger partial charge in [-0.2, -0.15) is 0 Å². The van der Waals surface area contributed by atoms with Crippen LogP contribution >= 0.6 is 15.9 Å². The van der Waals surface area contributed by atoms with Crippen LogP contribution in [0.25, 0.3) is 0 Å². The number of methoxy groups -OCH3 is 1. The SMILES string of the molecule is COc1ccc(OCCNC(=O)CCc2cccc(Br)c2)cc1. The second-order valence-electron chi connectivity index (χ2n) is 5.00. The van der Waals surface area contributed by atoms with Gasteiger partial charge in [-0.3, -0.25) is 4.79 Å². The van der Waals surface area contributed by atoms with E-state index in [1.807, 2.05) is 48.5 Å².